The number of rotatable bonds is 4. The first-order chi connectivity index (χ1) is 5.38. The second kappa shape index (κ2) is 4.43. The van der Waals surface area contributed by atoms with E-state index in [1.165, 1.54) is 0 Å². The van der Waals surface area contributed by atoms with Crippen molar-refractivity contribution in [1.82, 2.24) is 5.06 Å². The van der Waals surface area contributed by atoms with Gasteiger partial charge in [-0.05, 0) is 12.8 Å². The van der Waals surface area contributed by atoms with Crippen LogP contribution in [0.25, 0.3) is 0 Å². The summed E-state index contributed by atoms with van der Waals surface area (Å²) < 4.78 is 4.72. The standard InChI is InChI=1S/C7H13NO3/c1-10-6-11-8-4-2-3-7(8)5-9/h5,7H,2-4,6H2,1H3/t7-/m0/s1. The number of hydroxylamine groups is 2. The Labute approximate surface area is 66.0 Å². The monoisotopic (exact) mass is 159 g/mol. The Hall–Kier alpha value is -0.450. The van der Waals surface area contributed by atoms with E-state index in [2.05, 4.69) is 0 Å². The molecular formula is C7H13NO3. The lowest BCUT2D eigenvalue weighted by atomic mass is 10.2. The number of nitrogens with zero attached hydrogens (tertiary/aromatic N) is 1. The molecule has 4 nitrogen and oxygen atoms in total. The summed E-state index contributed by atoms with van der Waals surface area (Å²) in [6.45, 7) is 1.05. The van der Waals surface area contributed by atoms with Gasteiger partial charge < -0.3 is 9.53 Å². The summed E-state index contributed by atoms with van der Waals surface area (Å²) >= 11 is 0. The molecule has 1 aliphatic rings. The summed E-state index contributed by atoms with van der Waals surface area (Å²) in [5.74, 6) is 0. The maximum Gasteiger partial charge on any atom is 0.166 e. The molecule has 0 radical (unpaired) electrons. The van der Waals surface area contributed by atoms with Crippen LogP contribution in [0.1, 0.15) is 12.8 Å². The number of hydrogen-bond acceptors (Lipinski definition) is 4. The number of carbonyl (C=O) groups is 1. The second-order valence-electron chi connectivity index (χ2n) is 2.52. The summed E-state index contributed by atoms with van der Waals surface area (Å²) in [5, 5.41) is 1.68. The molecule has 0 aromatic heterocycles. The van der Waals surface area contributed by atoms with Crippen molar-refractivity contribution >= 4 is 6.29 Å². The van der Waals surface area contributed by atoms with Crippen LogP contribution < -0.4 is 0 Å². The van der Waals surface area contributed by atoms with Crippen LogP contribution in [0.3, 0.4) is 0 Å². The Morgan fingerprint density at radius 2 is 2.55 bits per heavy atom. The van der Waals surface area contributed by atoms with E-state index in [9.17, 15) is 4.79 Å². The van der Waals surface area contributed by atoms with Crippen LogP contribution in [-0.4, -0.2) is 37.8 Å². The van der Waals surface area contributed by atoms with Gasteiger partial charge >= 0.3 is 0 Å². The van der Waals surface area contributed by atoms with Crippen LogP contribution in [0, 0.1) is 0 Å². The fraction of sp³-hybridized carbons (Fsp3) is 0.857. The highest BCUT2D eigenvalue weighted by molar-refractivity contribution is 5.57. The van der Waals surface area contributed by atoms with Crippen molar-refractivity contribution in [2.45, 2.75) is 18.9 Å². The number of carbonyl (C=O) groups excluding carboxylic acids is 1. The normalized spacial score (nSPS) is 25.7. The van der Waals surface area contributed by atoms with Crippen molar-refractivity contribution < 1.29 is 14.4 Å². The third-order valence-corrected chi connectivity index (χ3v) is 1.74. The van der Waals surface area contributed by atoms with E-state index in [1.54, 1.807) is 12.2 Å². The highest BCUT2D eigenvalue weighted by atomic mass is 16.8. The molecule has 0 aromatic carbocycles. The predicted molar refractivity (Wildman–Crippen MR) is 38.8 cm³/mol. The molecule has 64 valence electrons. The average molecular weight is 159 g/mol. The number of ether oxygens (including phenoxy) is 1. The molecule has 0 unspecified atom stereocenters. The summed E-state index contributed by atoms with van der Waals surface area (Å²) in [6, 6.07) is -0.0647. The zero-order valence-corrected chi connectivity index (χ0v) is 6.66. The molecule has 1 heterocycles. The van der Waals surface area contributed by atoms with Crippen molar-refractivity contribution in [3.05, 3.63) is 0 Å². The Morgan fingerprint density at radius 1 is 1.73 bits per heavy atom. The quantitative estimate of drug-likeness (QED) is 0.433. The van der Waals surface area contributed by atoms with Crippen molar-refractivity contribution in [2.75, 3.05) is 20.4 Å². The number of methoxy groups -OCH3 is 1. The third kappa shape index (κ3) is 2.25. The minimum atomic E-state index is -0.0647. The first-order valence-electron chi connectivity index (χ1n) is 3.72. The van der Waals surface area contributed by atoms with Crippen LogP contribution in [0.2, 0.25) is 0 Å². The van der Waals surface area contributed by atoms with Gasteiger partial charge in [-0.2, -0.15) is 5.06 Å². The second-order valence-corrected chi connectivity index (χ2v) is 2.52. The van der Waals surface area contributed by atoms with E-state index in [4.69, 9.17) is 9.57 Å². The van der Waals surface area contributed by atoms with Gasteiger partial charge in [0.2, 0.25) is 0 Å². The molecule has 0 aliphatic carbocycles. The van der Waals surface area contributed by atoms with Gasteiger partial charge in [0, 0.05) is 13.7 Å². The van der Waals surface area contributed by atoms with Crippen molar-refractivity contribution in [1.29, 1.82) is 0 Å². The maximum atomic E-state index is 10.4. The van der Waals surface area contributed by atoms with Crippen LogP contribution in [-0.2, 0) is 14.4 Å². The first kappa shape index (κ1) is 8.64. The molecule has 0 spiro atoms. The fourth-order valence-corrected chi connectivity index (χ4v) is 1.18. The van der Waals surface area contributed by atoms with E-state index in [1.807, 2.05) is 0 Å². The Bertz CT molecular complexity index is 129. The molecule has 0 saturated carbocycles. The summed E-state index contributed by atoms with van der Waals surface area (Å²) in [5.41, 5.74) is 0. The molecule has 1 fully saturated rings. The Morgan fingerprint density at radius 3 is 3.18 bits per heavy atom. The van der Waals surface area contributed by atoms with E-state index in [0.717, 1.165) is 25.7 Å². The Kier molecular flexibility index (Phi) is 3.48. The SMILES string of the molecule is COCON1CCC[C@H]1C=O. The van der Waals surface area contributed by atoms with Crippen molar-refractivity contribution in [2.24, 2.45) is 0 Å². The zero-order valence-electron chi connectivity index (χ0n) is 6.66. The van der Waals surface area contributed by atoms with Gasteiger partial charge in [-0.15, -0.1) is 0 Å². The minimum absolute atomic E-state index is 0.0647. The summed E-state index contributed by atoms with van der Waals surface area (Å²) in [6.07, 6.45) is 2.84. The van der Waals surface area contributed by atoms with Gasteiger partial charge in [0.1, 0.15) is 6.29 Å². The molecule has 0 amide bonds. The van der Waals surface area contributed by atoms with Crippen LogP contribution in [0.4, 0.5) is 0 Å². The highest BCUT2D eigenvalue weighted by Gasteiger charge is 2.24. The van der Waals surface area contributed by atoms with E-state index >= 15 is 0 Å². The predicted octanol–water partition coefficient (Wildman–Crippen LogP) is 0.185. The molecule has 1 rings (SSSR count). The molecule has 11 heavy (non-hydrogen) atoms. The highest BCUT2D eigenvalue weighted by Crippen LogP contribution is 2.14. The lowest BCUT2D eigenvalue weighted by molar-refractivity contribution is -0.220. The molecular weight excluding hydrogens is 146 g/mol. The molecule has 1 saturated heterocycles. The summed E-state index contributed by atoms with van der Waals surface area (Å²) in [7, 11) is 1.56. The molecule has 0 N–H and O–H groups in total. The third-order valence-electron chi connectivity index (χ3n) is 1.74. The fourth-order valence-electron chi connectivity index (χ4n) is 1.18. The number of aldehydes is 1. The maximum absolute atomic E-state index is 10.4. The number of hydrogen-bond donors (Lipinski definition) is 0. The van der Waals surface area contributed by atoms with Gasteiger partial charge in [-0.3, -0.25) is 4.84 Å². The molecule has 4 heteroatoms. The molecule has 0 aromatic rings. The van der Waals surface area contributed by atoms with E-state index in [0.29, 0.717) is 0 Å². The average Bonchev–Trinajstić information content (AvgIpc) is 2.47. The van der Waals surface area contributed by atoms with Crippen LogP contribution in [0.15, 0.2) is 0 Å². The summed E-state index contributed by atoms with van der Waals surface area (Å²) in [4.78, 5) is 15.6. The lowest BCUT2D eigenvalue weighted by Gasteiger charge is -2.18. The van der Waals surface area contributed by atoms with Crippen LogP contribution >= 0.6 is 0 Å². The Balaban J connectivity index is 2.25. The van der Waals surface area contributed by atoms with Gasteiger partial charge in [0.25, 0.3) is 0 Å². The minimum Gasteiger partial charge on any atom is -0.357 e. The zero-order chi connectivity index (χ0) is 8.10. The molecule has 0 bridgehead atoms. The first-order valence-corrected chi connectivity index (χ1v) is 3.72. The van der Waals surface area contributed by atoms with Crippen molar-refractivity contribution in [3.63, 3.8) is 0 Å². The van der Waals surface area contributed by atoms with E-state index in [-0.39, 0.29) is 12.8 Å². The van der Waals surface area contributed by atoms with Gasteiger partial charge in [-0.25, -0.2) is 0 Å². The van der Waals surface area contributed by atoms with Crippen molar-refractivity contribution in [3.8, 4) is 0 Å². The smallest absolute Gasteiger partial charge is 0.166 e. The lowest BCUT2D eigenvalue weighted by Crippen LogP contribution is -2.31. The van der Waals surface area contributed by atoms with Gasteiger partial charge in [-0.1, -0.05) is 0 Å². The van der Waals surface area contributed by atoms with Crippen LogP contribution in [0.5, 0.6) is 0 Å². The van der Waals surface area contributed by atoms with Gasteiger partial charge in [0.15, 0.2) is 6.79 Å². The van der Waals surface area contributed by atoms with Gasteiger partial charge in [0.05, 0.1) is 6.04 Å². The molecule has 1 atom stereocenters. The topological polar surface area (TPSA) is 38.8 Å². The van der Waals surface area contributed by atoms with E-state index < -0.39 is 0 Å². The molecule has 1 aliphatic heterocycles. The largest absolute Gasteiger partial charge is 0.357 e.